The topological polar surface area (TPSA) is 69.4 Å². The molecule has 3 rings (SSSR count). The van der Waals surface area contributed by atoms with Crippen LogP contribution < -0.4 is 4.74 Å². The number of pyridine rings is 1. The molecule has 0 bridgehead atoms. The number of aliphatic hydroxyl groups excluding tert-OH is 1. The SMILES string of the molecule is CC1CCN(CC(O)c2cccc(C#N)c2)C1.COc1ccc(SC)nc1. The molecule has 0 radical (unpaired) electrons. The van der Waals surface area contributed by atoms with E-state index in [-0.39, 0.29) is 0 Å². The minimum atomic E-state index is -0.492. The molecule has 27 heavy (non-hydrogen) atoms. The van der Waals surface area contributed by atoms with E-state index >= 15 is 0 Å². The lowest BCUT2D eigenvalue weighted by Gasteiger charge is -2.20. The Balaban J connectivity index is 0.000000223. The lowest BCUT2D eigenvalue weighted by Crippen LogP contribution is -2.26. The van der Waals surface area contributed by atoms with E-state index in [9.17, 15) is 5.11 Å². The van der Waals surface area contributed by atoms with Crippen molar-refractivity contribution in [2.24, 2.45) is 5.92 Å². The molecule has 2 aromatic rings. The molecule has 1 fully saturated rings. The molecule has 6 heteroatoms. The number of likely N-dealkylation sites (tertiary alicyclic amines) is 1. The van der Waals surface area contributed by atoms with Crippen LogP contribution in [0.25, 0.3) is 0 Å². The summed E-state index contributed by atoms with van der Waals surface area (Å²) in [7, 11) is 1.63. The monoisotopic (exact) mass is 385 g/mol. The van der Waals surface area contributed by atoms with Crippen LogP contribution in [0.1, 0.15) is 30.6 Å². The molecule has 0 saturated carbocycles. The number of thioether (sulfide) groups is 1. The van der Waals surface area contributed by atoms with Crippen molar-refractivity contribution in [3.63, 3.8) is 0 Å². The van der Waals surface area contributed by atoms with E-state index in [0.717, 1.165) is 35.3 Å². The zero-order chi connectivity index (χ0) is 19.6. The Morgan fingerprint density at radius 2 is 2.22 bits per heavy atom. The van der Waals surface area contributed by atoms with E-state index in [2.05, 4.69) is 22.9 Å². The Labute approximate surface area is 166 Å². The normalized spacial score (nSPS) is 17.5. The maximum atomic E-state index is 10.1. The van der Waals surface area contributed by atoms with Crippen LogP contribution in [0.2, 0.25) is 0 Å². The average Bonchev–Trinajstić information content (AvgIpc) is 3.13. The number of methoxy groups -OCH3 is 1. The van der Waals surface area contributed by atoms with Crippen LogP contribution in [-0.4, -0.2) is 48.0 Å². The number of nitriles is 1. The van der Waals surface area contributed by atoms with Crippen LogP contribution in [-0.2, 0) is 0 Å². The van der Waals surface area contributed by atoms with E-state index in [1.807, 2.05) is 30.5 Å². The number of aromatic nitrogens is 1. The molecular formula is C21H27N3O2S. The second-order valence-corrected chi connectivity index (χ2v) is 7.47. The van der Waals surface area contributed by atoms with Crippen molar-refractivity contribution < 1.29 is 9.84 Å². The van der Waals surface area contributed by atoms with Crippen LogP contribution >= 0.6 is 11.8 Å². The fourth-order valence-electron chi connectivity index (χ4n) is 2.97. The van der Waals surface area contributed by atoms with Gasteiger partial charge in [0.15, 0.2) is 0 Å². The van der Waals surface area contributed by atoms with E-state index in [0.29, 0.717) is 12.1 Å². The largest absolute Gasteiger partial charge is 0.495 e. The molecule has 1 N–H and O–H groups in total. The van der Waals surface area contributed by atoms with Gasteiger partial charge >= 0.3 is 0 Å². The molecule has 0 spiro atoms. The first-order valence-electron chi connectivity index (χ1n) is 9.00. The third kappa shape index (κ3) is 6.87. The number of aliphatic hydroxyl groups is 1. The van der Waals surface area contributed by atoms with Gasteiger partial charge in [-0.25, -0.2) is 4.98 Å². The van der Waals surface area contributed by atoms with Gasteiger partial charge in [0, 0.05) is 13.1 Å². The highest BCUT2D eigenvalue weighted by Gasteiger charge is 2.21. The van der Waals surface area contributed by atoms with Gasteiger partial charge in [-0.1, -0.05) is 19.1 Å². The average molecular weight is 386 g/mol. The second-order valence-electron chi connectivity index (χ2n) is 6.65. The minimum Gasteiger partial charge on any atom is -0.495 e. The minimum absolute atomic E-state index is 0.492. The number of hydrogen-bond donors (Lipinski definition) is 1. The van der Waals surface area contributed by atoms with Crippen LogP contribution in [0.4, 0.5) is 0 Å². The molecule has 2 atom stereocenters. The summed E-state index contributed by atoms with van der Waals surface area (Å²) in [6, 6.07) is 13.2. The molecule has 1 aliphatic rings. The summed E-state index contributed by atoms with van der Waals surface area (Å²) < 4.78 is 4.94. The first-order valence-corrected chi connectivity index (χ1v) is 10.2. The predicted molar refractivity (Wildman–Crippen MR) is 109 cm³/mol. The number of benzene rings is 1. The second kappa shape index (κ2) is 10.9. The van der Waals surface area contributed by atoms with Crippen molar-refractivity contribution in [3.05, 3.63) is 53.7 Å². The Morgan fingerprint density at radius 3 is 2.78 bits per heavy atom. The standard InChI is InChI=1S/C14H18N2O.C7H9NOS/c1-11-5-6-16(9-11)10-14(17)13-4-2-3-12(7-13)8-15;1-9-6-3-4-7(10-2)8-5-6/h2-4,7,11,14,17H,5-6,9-10H2,1H3;3-5H,1-2H3. The Morgan fingerprint density at radius 1 is 1.41 bits per heavy atom. The molecule has 1 aromatic heterocycles. The van der Waals surface area contributed by atoms with Crippen LogP contribution in [0, 0.1) is 17.2 Å². The highest BCUT2D eigenvalue weighted by molar-refractivity contribution is 7.98. The Bertz CT molecular complexity index is 723. The maximum Gasteiger partial charge on any atom is 0.137 e. The van der Waals surface area contributed by atoms with Crippen molar-refractivity contribution in [3.8, 4) is 11.8 Å². The van der Waals surface area contributed by atoms with Crippen molar-refractivity contribution in [1.29, 1.82) is 5.26 Å². The lowest BCUT2D eigenvalue weighted by molar-refractivity contribution is 0.124. The number of ether oxygens (including phenoxy) is 1. The predicted octanol–water partition coefficient (Wildman–Crippen LogP) is 3.75. The van der Waals surface area contributed by atoms with E-state index in [4.69, 9.17) is 10.00 Å². The summed E-state index contributed by atoms with van der Waals surface area (Å²) >= 11 is 1.62. The molecule has 2 unspecified atom stereocenters. The molecule has 1 aromatic carbocycles. The van der Waals surface area contributed by atoms with Gasteiger partial charge in [-0.05, 0) is 55.0 Å². The molecule has 0 amide bonds. The van der Waals surface area contributed by atoms with Crippen molar-refractivity contribution >= 4 is 11.8 Å². The summed E-state index contributed by atoms with van der Waals surface area (Å²) in [4.78, 5) is 6.39. The van der Waals surface area contributed by atoms with Gasteiger partial charge in [0.1, 0.15) is 5.75 Å². The molecule has 5 nitrogen and oxygen atoms in total. The summed E-state index contributed by atoms with van der Waals surface area (Å²) in [5, 5.41) is 20.0. The van der Waals surface area contributed by atoms with Gasteiger partial charge in [0.25, 0.3) is 0 Å². The van der Waals surface area contributed by atoms with Gasteiger partial charge in [0.05, 0.1) is 36.1 Å². The Hall–Kier alpha value is -2.07. The van der Waals surface area contributed by atoms with Gasteiger partial charge in [-0.3, -0.25) is 0 Å². The van der Waals surface area contributed by atoms with Crippen molar-refractivity contribution in [2.75, 3.05) is 33.0 Å². The first kappa shape index (κ1) is 21.2. The number of rotatable bonds is 5. The van der Waals surface area contributed by atoms with Crippen molar-refractivity contribution in [1.82, 2.24) is 9.88 Å². The Kier molecular flexibility index (Phi) is 8.59. The maximum absolute atomic E-state index is 10.1. The fraction of sp³-hybridized carbons (Fsp3) is 0.429. The lowest BCUT2D eigenvalue weighted by atomic mass is 10.1. The van der Waals surface area contributed by atoms with E-state index in [1.54, 1.807) is 37.2 Å². The summed E-state index contributed by atoms with van der Waals surface area (Å²) in [5.74, 6) is 1.53. The van der Waals surface area contributed by atoms with Gasteiger partial charge in [-0.2, -0.15) is 5.26 Å². The molecule has 1 saturated heterocycles. The molecule has 144 valence electrons. The number of nitrogens with zero attached hydrogens (tertiary/aromatic N) is 3. The zero-order valence-corrected chi connectivity index (χ0v) is 16.9. The molecule has 1 aliphatic heterocycles. The highest BCUT2D eigenvalue weighted by atomic mass is 32.2. The molecule has 2 heterocycles. The third-order valence-electron chi connectivity index (χ3n) is 4.49. The third-order valence-corrected chi connectivity index (χ3v) is 5.15. The van der Waals surface area contributed by atoms with Crippen LogP contribution in [0.3, 0.4) is 0 Å². The van der Waals surface area contributed by atoms with E-state index < -0.39 is 6.10 Å². The summed E-state index contributed by atoms with van der Waals surface area (Å²) in [6.45, 7) is 5.03. The zero-order valence-electron chi connectivity index (χ0n) is 16.1. The van der Waals surface area contributed by atoms with Gasteiger partial charge in [-0.15, -0.1) is 11.8 Å². The quantitative estimate of drug-likeness (QED) is 0.791. The summed E-state index contributed by atoms with van der Waals surface area (Å²) in [6.07, 6.45) is 4.43. The van der Waals surface area contributed by atoms with Gasteiger partial charge in [0.2, 0.25) is 0 Å². The fourth-order valence-corrected chi connectivity index (χ4v) is 3.33. The molecule has 0 aliphatic carbocycles. The highest BCUT2D eigenvalue weighted by Crippen LogP contribution is 2.20. The van der Waals surface area contributed by atoms with Gasteiger partial charge < -0.3 is 14.7 Å². The summed E-state index contributed by atoms with van der Waals surface area (Å²) in [5.41, 5.74) is 1.44. The first-order chi connectivity index (χ1) is 13.0. The number of β-amino-alcohol motifs (C(OH)–C–C–N with tert-alkyl or cyclic N) is 1. The molecular weight excluding hydrogens is 358 g/mol. The number of hydrogen-bond acceptors (Lipinski definition) is 6. The van der Waals surface area contributed by atoms with E-state index in [1.165, 1.54) is 6.42 Å². The van der Waals surface area contributed by atoms with Crippen molar-refractivity contribution in [2.45, 2.75) is 24.5 Å². The van der Waals surface area contributed by atoms with Crippen LogP contribution in [0.5, 0.6) is 5.75 Å². The van der Waals surface area contributed by atoms with Crippen LogP contribution in [0.15, 0.2) is 47.6 Å². The smallest absolute Gasteiger partial charge is 0.137 e.